The first-order valence-electron chi connectivity index (χ1n) is 5.69. The Morgan fingerprint density at radius 3 is 2.82 bits per heavy atom. The van der Waals surface area contributed by atoms with E-state index in [-0.39, 0.29) is 6.03 Å². The fraction of sp³-hybridized carbons (Fsp3) is 0.417. The number of halogens is 1. The van der Waals surface area contributed by atoms with Gasteiger partial charge in [0.05, 0.1) is 10.7 Å². The highest BCUT2D eigenvalue weighted by molar-refractivity contribution is 6.33. The summed E-state index contributed by atoms with van der Waals surface area (Å²) in [5.41, 5.74) is 0.797. The second kappa shape index (κ2) is 5.38. The van der Waals surface area contributed by atoms with Gasteiger partial charge in [-0.25, -0.2) is 4.79 Å². The molecule has 5 heteroatoms. The third-order valence-electron chi connectivity index (χ3n) is 2.87. The number of urea groups is 1. The topological polar surface area (TPSA) is 35.6 Å². The summed E-state index contributed by atoms with van der Waals surface area (Å²) in [4.78, 5) is 15.7. The molecule has 1 saturated heterocycles. The molecular weight excluding hydrogens is 238 g/mol. The molecule has 0 aromatic heterocycles. The Labute approximate surface area is 106 Å². The maximum Gasteiger partial charge on any atom is 0.324 e. The van der Waals surface area contributed by atoms with E-state index >= 15 is 0 Å². The summed E-state index contributed by atoms with van der Waals surface area (Å²) in [7, 11) is 1.88. The summed E-state index contributed by atoms with van der Waals surface area (Å²) < 4.78 is 0. The first-order valence-corrected chi connectivity index (χ1v) is 6.07. The van der Waals surface area contributed by atoms with Crippen LogP contribution in [0.5, 0.6) is 0 Å². The van der Waals surface area contributed by atoms with Gasteiger partial charge in [-0.05, 0) is 19.2 Å². The largest absolute Gasteiger partial charge is 0.324 e. The number of likely N-dealkylation sites (N-methyl/N-ethyl adjacent to an activating group) is 1. The van der Waals surface area contributed by atoms with Crippen molar-refractivity contribution >= 4 is 23.3 Å². The normalized spacial score (nSPS) is 15.8. The Kier molecular flexibility index (Phi) is 3.86. The smallest absolute Gasteiger partial charge is 0.321 e. The maximum atomic E-state index is 12.1. The molecular formula is C12H16ClN3O. The van der Waals surface area contributed by atoms with Crippen molar-refractivity contribution in [3.63, 3.8) is 0 Å². The molecule has 17 heavy (non-hydrogen) atoms. The first-order chi connectivity index (χ1) is 8.24. The quantitative estimate of drug-likeness (QED) is 0.888. The van der Waals surface area contributed by atoms with E-state index in [4.69, 9.17) is 11.6 Å². The number of amides is 2. The van der Waals surface area contributed by atoms with Gasteiger partial charge in [0.2, 0.25) is 0 Å². The Morgan fingerprint density at radius 1 is 1.35 bits per heavy atom. The van der Waals surface area contributed by atoms with E-state index in [9.17, 15) is 4.79 Å². The molecule has 0 atom stereocenters. The summed E-state index contributed by atoms with van der Waals surface area (Å²) in [5, 5.41) is 3.66. The van der Waals surface area contributed by atoms with Gasteiger partial charge in [0.15, 0.2) is 0 Å². The van der Waals surface area contributed by atoms with E-state index in [0.717, 1.165) is 25.3 Å². The lowest BCUT2D eigenvalue weighted by atomic mass is 10.3. The third-order valence-corrected chi connectivity index (χ3v) is 3.19. The number of carbonyl (C=O) groups excluding carboxylic acids is 1. The summed E-state index contributed by atoms with van der Waals surface area (Å²) in [6.07, 6.45) is 0. The molecule has 0 unspecified atom stereocenters. The standard InChI is InChI=1S/C12H16ClN3O/c1-14-6-7-15-8-9-16(12(15)17)11-5-3-2-4-10(11)13/h2-5,14H,6-9H2,1H3. The lowest BCUT2D eigenvalue weighted by Gasteiger charge is -2.19. The van der Waals surface area contributed by atoms with Crippen LogP contribution in [-0.4, -0.2) is 44.2 Å². The van der Waals surface area contributed by atoms with Crippen LogP contribution in [0.1, 0.15) is 0 Å². The van der Waals surface area contributed by atoms with Crippen molar-refractivity contribution in [3.05, 3.63) is 29.3 Å². The van der Waals surface area contributed by atoms with Gasteiger partial charge < -0.3 is 10.2 Å². The summed E-state index contributed by atoms with van der Waals surface area (Å²) in [6.45, 7) is 3.00. The highest BCUT2D eigenvalue weighted by Gasteiger charge is 2.29. The van der Waals surface area contributed by atoms with E-state index < -0.39 is 0 Å². The molecule has 92 valence electrons. The van der Waals surface area contributed by atoms with Crippen molar-refractivity contribution in [1.82, 2.24) is 10.2 Å². The summed E-state index contributed by atoms with van der Waals surface area (Å²) >= 11 is 6.10. The number of para-hydroxylation sites is 1. The molecule has 1 N–H and O–H groups in total. The van der Waals surface area contributed by atoms with Crippen LogP contribution < -0.4 is 10.2 Å². The zero-order valence-corrected chi connectivity index (χ0v) is 10.6. The van der Waals surface area contributed by atoms with Crippen molar-refractivity contribution < 1.29 is 4.79 Å². The van der Waals surface area contributed by atoms with E-state index in [0.29, 0.717) is 11.6 Å². The van der Waals surface area contributed by atoms with Crippen LogP contribution in [0.15, 0.2) is 24.3 Å². The lowest BCUT2D eigenvalue weighted by Crippen LogP contribution is -2.35. The van der Waals surface area contributed by atoms with Crippen LogP contribution in [0.25, 0.3) is 0 Å². The van der Waals surface area contributed by atoms with Crippen molar-refractivity contribution in [2.24, 2.45) is 0 Å². The summed E-state index contributed by atoms with van der Waals surface area (Å²) in [6, 6.07) is 7.48. The monoisotopic (exact) mass is 253 g/mol. The van der Waals surface area contributed by atoms with Gasteiger partial charge in [0.1, 0.15) is 0 Å². The van der Waals surface area contributed by atoms with Gasteiger partial charge >= 0.3 is 6.03 Å². The van der Waals surface area contributed by atoms with E-state index in [1.165, 1.54) is 0 Å². The highest BCUT2D eigenvalue weighted by Crippen LogP contribution is 2.27. The fourth-order valence-corrected chi connectivity index (χ4v) is 2.17. The molecule has 0 bridgehead atoms. The number of carbonyl (C=O) groups is 1. The molecule has 0 saturated carbocycles. The number of rotatable bonds is 4. The minimum atomic E-state index is 0.0355. The predicted octanol–water partition coefficient (Wildman–Crippen LogP) is 1.80. The molecule has 0 aliphatic carbocycles. The lowest BCUT2D eigenvalue weighted by molar-refractivity contribution is 0.221. The zero-order chi connectivity index (χ0) is 12.3. The fourth-order valence-electron chi connectivity index (χ4n) is 1.93. The van der Waals surface area contributed by atoms with Gasteiger partial charge in [0.25, 0.3) is 0 Å². The van der Waals surface area contributed by atoms with Gasteiger partial charge in [0, 0.05) is 26.2 Å². The van der Waals surface area contributed by atoms with E-state index in [1.54, 1.807) is 11.0 Å². The Balaban J connectivity index is 2.10. The Bertz CT molecular complexity index is 410. The van der Waals surface area contributed by atoms with E-state index in [2.05, 4.69) is 5.32 Å². The minimum Gasteiger partial charge on any atom is -0.321 e. The molecule has 1 aromatic rings. The Morgan fingerprint density at radius 2 is 2.12 bits per heavy atom. The molecule has 1 fully saturated rings. The van der Waals surface area contributed by atoms with Crippen LogP contribution in [-0.2, 0) is 0 Å². The van der Waals surface area contributed by atoms with Crippen molar-refractivity contribution in [2.45, 2.75) is 0 Å². The average molecular weight is 254 g/mol. The third kappa shape index (κ3) is 2.53. The molecule has 1 aliphatic heterocycles. The molecule has 2 rings (SSSR count). The SMILES string of the molecule is CNCCN1CCN(c2ccccc2Cl)C1=O. The van der Waals surface area contributed by atoms with Gasteiger partial charge in [-0.1, -0.05) is 23.7 Å². The van der Waals surface area contributed by atoms with Crippen molar-refractivity contribution in [1.29, 1.82) is 0 Å². The van der Waals surface area contributed by atoms with Crippen LogP contribution >= 0.6 is 11.6 Å². The van der Waals surface area contributed by atoms with Gasteiger partial charge in [-0.2, -0.15) is 0 Å². The molecule has 1 aromatic carbocycles. The summed E-state index contributed by atoms with van der Waals surface area (Å²) in [5.74, 6) is 0. The van der Waals surface area contributed by atoms with Crippen LogP contribution in [0.3, 0.4) is 0 Å². The van der Waals surface area contributed by atoms with Crippen LogP contribution in [0.2, 0.25) is 5.02 Å². The van der Waals surface area contributed by atoms with Crippen molar-refractivity contribution in [2.75, 3.05) is 38.1 Å². The zero-order valence-electron chi connectivity index (χ0n) is 9.82. The molecule has 0 spiro atoms. The number of anilines is 1. The predicted molar refractivity (Wildman–Crippen MR) is 69.7 cm³/mol. The number of nitrogens with one attached hydrogen (secondary N) is 1. The average Bonchev–Trinajstić information content (AvgIpc) is 2.69. The van der Waals surface area contributed by atoms with Gasteiger partial charge in [-0.15, -0.1) is 0 Å². The highest BCUT2D eigenvalue weighted by atomic mass is 35.5. The van der Waals surface area contributed by atoms with Crippen LogP contribution in [0.4, 0.5) is 10.5 Å². The minimum absolute atomic E-state index is 0.0355. The number of hydrogen-bond acceptors (Lipinski definition) is 2. The number of nitrogens with zero attached hydrogens (tertiary/aromatic N) is 2. The molecule has 4 nitrogen and oxygen atoms in total. The molecule has 2 amide bonds. The van der Waals surface area contributed by atoms with E-state index in [1.807, 2.05) is 30.1 Å². The maximum absolute atomic E-state index is 12.1. The first kappa shape index (κ1) is 12.2. The molecule has 1 aliphatic rings. The van der Waals surface area contributed by atoms with Crippen LogP contribution in [0, 0.1) is 0 Å². The molecule has 0 radical (unpaired) electrons. The second-order valence-corrected chi connectivity index (χ2v) is 4.38. The molecule has 1 heterocycles. The number of benzene rings is 1. The van der Waals surface area contributed by atoms with Gasteiger partial charge in [-0.3, -0.25) is 4.90 Å². The Hall–Kier alpha value is -1.26. The van der Waals surface area contributed by atoms with Crippen molar-refractivity contribution in [3.8, 4) is 0 Å². The number of hydrogen-bond donors (Lipinski definition) is 1. The second-order valence-electron chi connectivity index (χ2n) is 3.98.